The summed E-state index contributed by atoms with van der Waals surface area (Å²) in [5, 5.41) is 12.1. The molecular formula is C14H15FN4OS2. The normalized spacial score (nSPS) is 14.9. The Morgan fingerprint density at radius 3 is 2.68 bits per heavy atom. The summed E-state index contributed by atoms with van der Waals surface area (Å²) in [5.41, 5.74) is 0.962. The fraction of sp³-hybridized carbons (Fsp3) is 0.357. The fourth-order valence-corrected chi connectivity index (χ4v) is 3.76. The van der Waals surface area contributed by atoms with E-state index in [0.29, 0.717) is 11.6 Å². The van der Waals surface area contributed by atoms with E-state index in [1.807, 2.05) is 11.8 Å². The number of nitrogens with one attached hydrogen (secondary N) is 1. The molecule has 2 aromatic rings. The van der Waals surface area contributed by atoms with E-state index in [-0.39, 0.29) is 11.8 Å². The Morgan fingerprint density at radius 1 is 1.23 bits per heavy atom. The summed E-state index contributed by atoms with van der Waals surface area (Å²) in [6, 6.07) is 6.17. The highest BCUT2D eigenvalue weighted by Crippen LogP contribution is 2.19. The lowest BCUT2D eigenvalue weighted by molar-refractivity contribution is 0.217. The number of thioether (sulfide) groups is 1. The number of halogens is 1. The Hall–Kier alpha value is -1.67. The monoisotopic (exact) mass is 338 g/mol. The van der Waals surface area contributed by atoms with Gasteiger partial charge in [0.15, 0.2) is 0 Å². The van der Waals surface area contributed by atoms with E-state index < -0.39 is 0 Å². The maximum Gasteiger partial charge on any atom is 0.323 e. The average molecular weight is 338 g/mol. The highest BCUT2D eigenvalue weighted by Gasteiger charge is 2.18. The zero-order chi connectivity index (χ0) is 15.4. The number of urea groups is 1. The fourth-order valence-electron chi connectivity index (χ4n) is 2.09. The van der Waals surface area contributed by atoms with Crippen molar-refractivity contribution < 1.29 is 9.18 Å². The molecule has 1 N–H and O–H groups in total. The van der Waals surface area contributed by atoms with Gasteiger partial charge in [0.2, 0.25) is 5.13 Å². The standard InChI is InChI=1S/C14H15FN4OS2/c15-11-3-1-10(2-4-11)9-12-17-18-13(22-12)16-14(20)19-5-7-21-8-6-19/h1-4H,5-9H2,(H,16,18,20). The molecular weight excluding hydrogens is 323 g/mol. The number of amides is 2. The third kappa shape index (κ3) is 3.95. The number of rotatable bonds is 3. The van der Waals surface area contributed by atoms with Gasteiger partial charge >= 0.3 is 6.03 Å². The number of carbonyl (C=O) groups is 1. The minimum atomic E-state index is -0.256. The molecule has 1 aliphatic rings. The quantitative estimate of drug-likeness (QED) is 0.935. The third-order valence-electron chi connectivity index (χ3n) is 3.25. The lowest BCUT2D eigenvalue weighted by Crippen LogP contribution is -2.40. The molecule has 5 nitrogen and oxygen atoms in total. The predicted molar refractivity (Wildman–Crippen MR) is 87.0 cm³/mol. The molecule has 1 saturated heterocycles. The van der Waals surface area contributed by atoms with Crippen molar-refractivity contribution in [3.05, 3.63) is 40.7 Å². The number of carbonyl (C=O) groups excluding carboxylic acids is 1. The summed E-state index contributed by atoms with van der Waals surface area (Å²) in [4.78, 5) is 13.9. The van der Waals surface area contributed by atoms with Crippen molar-refractivity contribution in [3.8, 4) is 0 Å². The molecule has 2 amide bonds. The van der Waals surface area contributed by atoms with Gasteiger partial charge in [-0.1, -0.05) is 23.5 Å². The van der Waals surface area contributed by atoms with Gasteiger partial charge in [0, 0.05) is 31.0 Å². The molecule has 1 fully saturated rings. The van der Waals surface area contributed by atoms with Crippen LogP contribution in [0.3, 0.4) is 0 Å². The topological polar surface area (TPSA) is 58.1 Å². The number of benzene rings is 1. The molecule has 0 bridgehead atoms. The van der Waals surface area contributed by atoms with Crippen LogP contribution < -0.4 is 5.32 Å². The Morgan fingerprint density at radius 2 is 1.95 bits per heavy atom. The molecule has 8 heteroatoms. The molecule has 1 aliphatic heterocycles. The van der Waals surface area contributed by atoms with Crippen molar-refractivity contribution >= 4 is 34.3 Å². The van der Waals surface area contributed by atoms with Gasteiger partial charge in [0.25, 0.3) is 0 Å². The van der Waals surface area contributed by atoms with Gasteiger partial charge in [-0.05, 0) is 17.7 Å². The Kier molecular flexibility index (Phi) is 4.89. The summed E-state index contributed by atoms with van der Waals surface area (Å²) >= 11 is 3.20. The summed E-state index contributed by atoms with van der Waals surface area (Å²) in [6.45, 7) is 1.52. The second-order valence-electron chi connectivity index (χ2n) is 4.83. The molecule has 0 saturated carbocycles. The molecule has 3 rings (SSSR count). The van der Waals surface area contributed by atoms with Crippen LogP contribution in [0.4, 0.5) is 14.3 Å². The second-order valence-corrected chi connectivity index (χ2v) is 7.12. The maximum absolute atomic E-state index is 12.9. The van der Waals surface area contributed by atoms with Gasteiger partial charge in [-0.25, -0.2) is 9.18 Å². The first-order valence-corrected chi connectivity index (χ1v) is 8.88. The van der Waals surface area contributed by atoms with Crippen LogP contribution in [0.5, 0.6) is 0 Å². The van der Waals surface area contributed by atoms with Crippen molar-refractivity contribution in [1.29, 1.82) is 0 Å². The molecule has 116 valence electrons. The number of nitrogens with zero attached hydrogens (tertiary/aromatic N) is 3. The van der Waals surface area contributed by atoms with Gasteiger partial charge in [-0.3, -0.25) is 5.32 Å². The largest absolute Gasteiger partial charge is 0.323 e. The summed E-state index contributed by atoms with van der Waals surface area (Å²) < 4.78 is 12.9. The van der Waals surface area contributed by atoms with E-state index in [0.717, 1.165) is 35.2 Å². The Labute approximate surface area is 135 Å². The van der Waals surface area contributed by atoms with Crippen molar-refractivity contribution in [2.75, 3.05) is 29.9 Å². The summed E-state index contributed by atoms with van der Waals surface area (Å²) in [5.74, 6) is 1.69. The molecule has 22 heavy (non-hydrogen) atoms. The lowest BCUT2D eigenvalue weighted by Gasteiger charge is -2.25. The molecule has 0 atom stereocenters. The van der Waals surface area contributed by atoms with Crippen LogP contribution in [0.1, 0.15) is 10.6 Å². The highest BCUT2D eigenvalue weighted by molar-refractivity contribution is 7.99. The third-order valence-corrected chi connectivity index (χ3v) is 5.03. The van der Waals surface area contributed by atoms with E-state index in [1.54, 1.807) is 17.0 Å². The van der Waals surface area contributed by atoms with Crippen LogP contribution in [0.15, 0.2) is 24.3 Å². The van der Waals surface area contributed by atoms with Crippen LogP contribution in [0.25, 0.3) is 0 Å². The second kappa shape index (κ2) is 7.06. The summed E-state index contributed by atoms with van der Waals surface area (Å²) in [7, 11) is 0. The SMILES string of the molecule is O=C(Nc1nnc(Cc2ccc(F)cc2)s1)N1CCSCC1. The molecule has 0 radical (unpaired) electrons. The lowest BCUT2D eigenvalue weighted by atomic mass is 10.2. The van der Waals surface area contributed by atoms with Gasteiger partial charge in [0.1, 0.15) is 10.8 Å². The van der Waals surface area contributed by atoms with Crippen molar-refractivity contribution in [3.63, 3.8) is 0 Å². The molecule has 2 heterocycles. The molecule has 1 aromatic heterocycles. The molecule has 0 spiro atoms. The first-order chi connectivity index (χ1) is 10.7. The van der Waals surface area contributed by atoms with Gasteiger partial charge < -0.3 is 4.90 Å². The Bertz CT molecular complexity index is 641. The first kappa shape index (κ1) is 15.2. The smallest absolute Gasteiger partial charge is 0.323 e. The number of anilines is 1. The minimum absolute atomic E-state index is 0.121. The molecule has 1 aromatic carbocycles. The van der Waals surface area contributed by atoms with Crippen LogP contribution in [0.2, 0.25) is 0 Å². The highest BCUT2D eigenvalue weighted by atomic mass is 32.2. The van der Waals surface area contributed by atoms with Crippen LogP contribution in [-0.4, -0.2) is 45.7 Å². The predicted octanol–water partition coefficient (Wildman–Crippen LogP) is 2.85. The minimum Gasteiger partial charge on any atom is -0.323 e. The molecule has 0 unspecified atom stereocenters. The van der Waals surface area contributed by atoms with Crippen LogP contribution in [0, 0.1) is 5.82 Å². The number of aromatic nitrogens is 2. The number of hydrogen-bond donors (Lipinski definition) is 1. The summed E-state index contributed by atoms with van der Waals surface area (Å²) in [6.07, 6.45) is 0.578. The average Bonchev–Trinajstić information content (AvgIpc) is 2.97. The number of hydrogen-bond acceptors (Lipinski definition) is 5. The van der Waals surface area contributed by atoms with E-state index in [1.165, 1.54) is 23.5 Å². The van der Waals surface area contributed by atoms with Gasteiger partial charge in [0.05, 0.1) is 0 Å². The zero-order valence-electron chi connectivity index (χ0n) is 11.8. The van der Waals surface area contributed by atoms with Gasteiger partial charge in [-0.15, -0.1) is 10.2 Å². The first-order valence-electron chi connectivity index (χ1n) is 6.91. The van der Waals surface area contributed by atoms with Crippen molar-refractivity contribution in [1.82, 2.24) is 15.1 Å². The van der Waals surface area contributed by atoms with E-state index >= 15 is 0 Å². The molecule has 0 aliphatic carbocycles. The van der Waals surface area contributed by atoms with Gasteiger partial charge in [-0.2, -0.15) is 11.8 Å². The van der Waals surface area contributed by atoms with Crippen molar-refractivity contribution in [2.45, 2.75) is 6.42 Å². The zero-order valence-corrected chi connectivity index (χ0v) is 13.4. The Balaban J connectivity index is 1.58. The van der Waals surface area contributed by atoms with E-state index in [9.17, 15) is 9.18 Å². The maximum atomic E-state index is 12.9. The van der Waals surface area contributed by atoms with Crippen molar-refractivity contribution in [2.24, 2.45) is 0 Å². The van der Waals surface area contributed by atoms with Crippen LogP contribution in [-0.2, 0) is 6.42 Å². The van der Waals surface area contributed by atoms with Crippen LogP contribution >= 0.6 is 23.1 Å². The van der Waals surface area contributed by atoms with E-state index in [4.69, 9.17) is 0 Å². The van der Waals surface area contributed by atoms with E-state index in [2.05, 4.69) is 15.5 Å².